The van der Waals surface area contributed by atoms with Crippen molar-refractivity contribution in [2.75, 3.05) is 5.32 Å². The summed E-state index contributed by atoms with van der Waals surface area (Å²) in [5.74, 6) is 0. The predicted molar refractivity (Wildman–Crippen MR) is 90.5 cm³/mol. The van der Waals surface area contributed by atoms with Gasteiger partial charge in [0.1, 0.15) is 0 Å². The summed E-state index contributed by atoms with van der Waals surface area (Å²) >= 11 is 7.40. The number of benzene rings is 1. The van der Waals surface area contributed by atoms with E-state index in [0.29, 0.717) is 10.2 Å². The molecule has 0 saturated heterocycles. The number of hydrogen-bond donors (Lipinski definition) is 2. The Hall–Kier alpha value is -1.59. The van der Waals surface area contributed by atoms with Crippen molar-refractivity contribution < 1.29 is 4.79 Å². The highest BCUT2D eigenvalue weighted by atomic mass is 35.5. The first kappa shape index (κ1) is 15.3. The highest BCUT2D eigenvalue weighted by molar-refractivity contribution is 7.13. The molecule has 1 fully saturated rings. The van der Waals surface area contributed by atoms with Crippen LogP contribution in [0.2, 0.25) is 5.02 Å². The Bertz CT molecular complexity index is 621. The van der Waals surface area contributed by atoms with Gasteiger partial charge in [-0.2, -0.15) is 0 Å². The van der Waals surface area contributed by atoms with Gasteiger partial charge in [-0.1, -0.05) is 43.0 Å². The van der Waals surface area contributed by atoms with E-state index in [1.54, 1.807) is 6.20 Å². The third-order valence-corrected chi connectivity index (χ3v) is 5.05. The van der Waals surface area contributed by atoms with Gasteiger partial charge in [0.25, 0.3) is 0 Å². The fourth-order valence-corrected chi connectivity index (χ4v) is 3.69. The zero-order valence-electron chi connectivity index (χ0n) is 12.1. The third-order valence-electron chi connectivity index (χ3n) is 4.11. The van der Waals surface area contributed by atoms with Gasteiger partial charge in [0.05, 0.1) is 5.54 Å². The first-order valence-electron chi connectivity index (χ1n) is 7.43. The quantitative estimate of drug-likeness (QED) is 0.848. The van der Waals surface area contributed by atoms with Crippen molar-refractivity contribution >= 4 is 34.1 Å². The maximum atomic E-state index is 12.3. The van der Waals surface area contributed by atoms with Crippen molar-refractivity contribution in [1.82, 2.24) is 10.3 Å². The molecule has 0 bridgehead atoms. The Morgan fingerprint density at radius 3 is 2.55 bits per heavy atom. The Morgan fingerprint density at radius 1 is 1.18 bits per heavy atom. The molecular weight excluding hydrogens is 318 g/mol. The molecule has 6 heteroatoms. The van der Waals surface area contributed by atoms with Gasteiger partial charge in [-0.05, 0) is 30.5 Å². The number of thiazole rings is 1. The molecule has 2 amide bonds. The maximum absolute atomic E-state index is 12.3. The Balaban J connectivity index is 1.79. The lowest BCUT2D eigenvalue weighted by Crippen LogP contribution is -2.48. The van der Waals surface area contributed by atoms with Crippen LogP contribution < -0.4 is 10.6 Å². The minimum Gasteiger partial charge on any atom is -0.328 e. The molecule has 1 aliphatic carbocycles. The van der Waals surface area contributed by atoms with Gasteiger partial charge in [-0.3, -0.25) is 5.32 Å². The smallest absolute Gasteiger partial charge is 0.321 e. The van der Waals surface area contributed by atoms with Crippen LogP contribution in [-0.2, 0) is 5.54 Å². The van der Waals surface area contributed by atoms with Crippen LogP contribution in [0.5, 0.6) is 0 Å². The molecule has 0 atom stereocenters. The summed E-state index contributed by atoms with van der Waals surface area (Å²) in [5.41, 5.74) is 0.801. The van der Waals surface area contributed by atoms with Crippen LogP contribution in [0, 0.1) is 0 Å². The van der Waals surface area contributed by atoms with Crippen LogP contribution >= 0.6 is 22.9 Å². The molecule has 4 nitrogen and oxygen atoms in total. The Kier molecular flexibility index (Phi) is 4.64. The van der Waals surface area contributed by atoms with E-state index in [-0.39, 0.29) is 11.6 Å². The Morgan fingerprint density at radius 2 is 1.91 bits per heavy atom. The highest BCUT2D eigenvalue weighted by Gasteiger charge is 2.35. The number of nitrogens with one attached hydrogen (secondary N) is 2. The molecule has 1 saturated carbocycles. The van der Waals surface area contributed by atoms with Crippen LogP contribution in [-0.4, -0.2) is 11.0 Å². The molecule has 0 radical (unpaired) electrons. The topological polar surface area (TPSA) is 54.0 Å². The molecule has 116 valence electrons. The molecule has 1 aromatic carbocycles. The summed E-state index contributed by atoms with van der Waals surface area (Å²) in [7, 11) is 0. The molecule has 1 aromatic heterocycles. The van der Waals surface area contributed by atoms with Crippen LogP contribution in [0.25, 0.3) is 0 Å². The molecule has 2 aromatic rings. The highest BCUT2D eigenvalue weighted by Crippen LogP contribution is 2.37. The number of rotatable bonds is 3. The number of carbonyl (C=O) groups excluding carboxylic acids is 1. The molecule has 2 N–H and O–H groups in total. The fraction of sp³-hybridized carbons (Fsp3) is 0.375. The minimum atomic E-state index is -0.315. The van der Waals surface area contributed by atoms with Gasteiger partial charge >= 0.3 is 6.03 Å². The molecular formula is C16H18ClN3OS. The third kappa shape index (κ3) is 3.42. The summed E-state index contributed by atoms with van der Waals surface area (Å²) in [6, 6.07) is 7.59. The SMILES string of the molecule is O=C(Nc1nccs1)NC1(c2ccc(Cl)cc2)CCCCC1. The van der Waals surface area contributed by atoms with Crippen LogP contribution in [0.3, 0.4) is 0 Å². The minimum absolute atomic E-state index is 0.202. The van der Waals surface area contributed by atoms with E-state index in [1.807, 2.05) is 29.6 Å². The number of urea groups is 1. The number of hydrogen-bond acceptors (Lipinski definition) is 3. The second-order valence-corrected chi connectivity index (χ2v) is 6.90. The average Bonchev–Trinajstić information content (AvgIpc) is 3.01. The second-order valence-electron chi connectivity index (χ2n) is 5.57. The van der Waals surface area contributed by atoms with Crippen molar-refractivity contribution in [1.29, 1.82) is 0 Å². The predicted octanol–water partition coefficient (Wildman–Crippen LogP) is 4.78. The van der Waals surface area contributed by atoms with Crippen LogP contribution in [0.15, 0.2) is 35.8 Å². The summed E-state index contributed by atoms with van der Waals surface area (Å²) < 4.78 is 0. The van der Waals surface area contributed by atoms with Gasteiger partial charge in [0.2, 0.25) is 0 Å². The van der Waals surface area contributed by atoms with Gasteiger partial charge in [0, 0.05) is 16.6 Å². The number of halogens is 1. The van der Waals surface area contributed by atoms with E-state index in [4.69, 9.17) is 11.6 Å². The molecule has 0 spiro atoms. The van der Waals surface area contributed by atoms with E-state index < -0.39 is 0 Å². The summed E-state index contributed by atoms with van der Waals surface area (Å²) in [6.07, 6.45) is 7.00. The summed E-state index contributed by atoms with van der Waals surface area (Å²) in [4.78, 5) is 16.4. The zero-order valence-corrected chi connectivity index (χ0v) is 13.7. The second kappa shape index (κ2) is 6.67. The first-order chi connectivity index (χ1) is 10.7. The molecule has 1 heterocycles. The lowest BCUT2D eigenvalue weighted by Gasteiger charge is -2.38. The van der Waals surface area contributed by atoms with Gasteiger partial charge in [-0.25, -0.2) is 9.78 Å². The van der Waals surface area contributed by atoms with Crippen LogP contribution in [0.4, 0.5) is 9.93 Å². The van der Waals surface area contributed by atoms with Gasteiger partial charge in [-0.15, -0.1) is 11.3 Å². The standard InChI is InChI=1S/C16H18ClN3OS/c17-13-6-4-12(5-7-13)16(8-2-1-3-9-16)20-14(21)19-15-18-10-11-22-15/h4-7,10-11H,1-3,8-9H2,(H2,18,19,20,21). The molecule has 0 unspecified atom stereocenters. The first-order valence-corrected chi connectivity index (χ1v) is 8.68. The number of carbonyl (C=O) groups is 1. The average molecular weight is 336 g/mol. The zero-order chi connectivity index (χ0) is 15.4. The molecule has 3 rings (SSSR count). The number of amides is 2. The number of aromatic nitrogens is 1. The maximum Gasteiger partial charge on any atom is 0.321 e. The lowest BCUT2D eigenvalue weighted by atomic mass is 9.76. The Labute approximate surface area is 138 Å². The summed E-state index contributed by atoms with van der Waals surface area (Å²) in [5, 5.41) is 9.15. The van der Waals surface area contributed by atoms with Gasteiger partial charge in [0.15, 0.2) is 5.13 Å². The van der Waals surface area contributed by atoms with Crippen molar-refractivity contribution in [2.24, 2.45) is 0 Å². The molecule has 0 aliphatic heterocycles. The monoisotopic (exact) mass is 335 g/mol. The normalized spacial score (nSPS) is 17.0. The van der Waals surface area contributed by atoms with Crippen molar-refractivity contribution in [3.63, 3.8) is 0 Å². The van der Waals surface area contributed by atoms with E-state index in [9.17, 15) is 4.79 Å². The van der Waals surface area contributed by atoms with E-state index >= 15 is 0 Å². The largest absolute Gasteiger partial charge is 0.328 e. The lowest BCUT2D eigenvalue weighted by molar-refractivity contribution is 0.212. The number of anilines is 1. The van der Waals surface area contributed by atoms with Crippen molar-refractivity contribution in [2.45, 2.75) is 37.6 Å². The molecule has 1 aliphatic rings. The van der Waals surface area contributed by atoms with E-state index in [0.717, 1.165) is 31.2 Å². The molecule has 22 heavy (non-hydrogen) atoms. The van der Waals surface area contributed by atoms with Gasteiger partial charge < -0.3 is 5.32 Å². The fourth-order valence-electron chi connectivity index (χ4n) is 3.04. The van der Waals surface area contributed by atoms with Crippen molar-refractivity contribution in [3.8, 4) is 0 Å². The summed E-state index contributed by atoms with van der Waals surface area (Å²) in [6.45, 7) is 0. The van der Waals surface area contributed by atoms with E-state index in [1.165, 1.54) is 17.8 Å². The van der Waals surface area contributed by atoms with Crippen molar-refractivity contribution in [3.05, 3.63) is 46.4 Å². The van der Waals surface area contributed by atoms with E-state index in [2.05, 4.69) is 15.6 Å². The number of nitrogens with zero attached hydrogens (tertiary/aromatic N) is 1. The van der Waals surface area contributed by atoms with Crippen LogP contribution in [0.1, 0.15) is 37.7 Å².